The molecule has 2 aromatic carbocycles. The van der Waals surface area contributed by atoms with Crippen LogP contribution in [0, 0.1) is 0 Å². The molecule has 4 N–H and O–H groups in total. The lowest BCUT2D eigenvalue weighted by atomic mass is 9.99. The predicted octanol–water partition coefficient (Wildman–Crippen LogP) is 3.02. The molecule has 166 valence electrons. The molecular formula is C24H20N4O5. The number of rotatable bonds is 6. The lowest BCUT2D eigenvalue weighted by molar-refractivity contribution is -0.118. The van der Waals surface area contributed by atoms with Gasteiger partial charge in [-0.2, -0.15) is 0 Å². The zero-order chi connectivity index (χ0) is 23.4. The minimum Gasteiger partial charge on any atom is -0.494 e. The van der Waals surface area contributed by atoms with E-state index in [1.54, 1.807) is 29.9 Å². The van der Waals surface area contributed by atoms with Crippen LogP contribution in [0.3, 0.4) is 0 Å². The van der Waals surface area contributed by atoms with Gasteiger partial charge in [0.1, 0.15) is 12.3 Å². The summed E-state index contributed by atoms with van der Waals surface area (Å²) < 4.78 is 5.52. The minimum atomic E-state index is -0.724. The average molecular weight is 444 g/mol. The topological polar surface area (TPSA) is 134 Å². The number of pyridine rings is 2. The van der Waals surface area contributed by atoms with Crippen LogP contribution in [0.15, 0.2) is 67.0 Å². The Hall–Kier alpha value is -4.34. The minimum absolute atomic E-state index is 0.137. The number of nitrogens with one attached hydrogen (secondary N) is 2. The van der Waals surface area contributed by atoms with Gasteiger partial charge in [0.25, 0.3) is 5.91 Å². The molecule has 9 heteroatoms. The van der Waals surface area contributed by atoms with Crippen LogP contribution in [0.2, 0.25) is 0 Å². The Morgan fingerprint density at radius 3 is 2.21 bits per heavy atom. The Kier molecular flexibility index (Phi) is 6.25. The molecule has 2 heterocycles. The summed E-state index contributed by atoms with van der Waals surface area (Å²) in [4.78, 5) is 32.4. The number of hydrogen-bond acceptors (Lipinski definition) is 7. The summed E-state index contributed by atoms with van der Waals surface area (Å²) in [7, 11) is 1.43. The fourth-order valence-corrected chi connectivity index (χ4v) is 3.53. The van der Waals surface area contributed by atoms with E-state index in [0.717, 1.165) is 11.1 Å². The first kappa shape index (κ1) is 21.9. The average Bonchev–Trinajstić information content (AvgIpc) is 2.87. The molecule has 4 rings (SSSR count). The van der Waals surface area contributed by atoms with E-state index < -0.39 is 18.4 Å². The number of aliphatic hydroxyl groups is 1. The van der Waals surface area contributed by atoms with Crippen molar-refractivity contribution in [2.45, 2.75) is 0 Å². The largest absolute Gasteiger partial charge is 0.494 e. The van der Waals surface area contributed by atoms with E-state index in [1.807, 2.05) is 36.4 Å². The third kappa shape index (κ3) is 4.36. The Morgan fingerprint density at radius 1 is 0.970 bits per heavy atom. The number of nitrogens with zero attached hydrogens (tertiary/aromatic N) is 2. The molecule has 0 unspecified atom stereocenters. The molecule has 4 aromatic rings. The van der Waals surface area contributed by atoms with Gasteiger partial charge in [0.05, 0.1) is 18.2 Å². The van der Waals surface area contributed by atoms with E-state index in [2.05, 4.69) is 15.3 Å². The van der Waals surface area contributed by atoms with Gasteiger partial charge in [0.15, 0.2) is 5.75 Å². The third-order valence-electron chi connectivity index (χ3n) is 5.08. The van der Waals surface area contributed by atoms with Crippen molar-refractivity contribution in [1.82, 2.24) is 15.4 Å². The molecule has 0 atom stereocenters. The highest BCUT2D eigenvalue weighted by Gasteiger charge is 2.22. The second-order valence-electron chi connectivity index (χ2n) is 7.06. The van der Waals surface area contributed by atoms with E-state index in [0.29, 0.717) is 27.8 Å². The molecular weight excluding hydrogens is 424 g/mol. The molecule has 0 saturated carbocycles. The molecule has 0 radical (unpaired) electrons. The van der Waals surface area contributed by atoms with Gasteiger partial charge in [0.2, 0.25) is 5.91 Å². The quantitative estimate of drug-likeness (QED) is 0.265. The lowest BCUT2D eigenvalue weighted by Crippen LogP contribution is -2.20. The Balaban J connectivity index is 1.73. The number of benzene rings is 2. The van der Waals surface area contributed by atoms with Crippen molar-refractivity contribution in [1.29, 1.82) is 0 Å². The number of hydrogen-bond donors (Lipinski definition) is 4. The van der Waals surface area contributed by atoms with Crippen molar-refractivity contribution < 1.29 is 24.6 Å². The maximum Gasteiger partial charge on any atom is 0.279 e. The number of fused-ring (bicyclic) bond motifs is 1. The molecule has 0 aliphatic heterocycles. The van der Waals surface area contributed by atoms with Gasteiger partial charge in [-0.3, -0.25) is 19.8 Å². The summed E-state index contributed by atoms with van der Waals surface area (Å²) in [6.45, 7) is -0.576. The summed E-state index contributed by atoms with van der Waals surface area (Å²) in [5.41, 5.74) is 5.93. The van der Waals surface area contributed by atoms with Crippen molar-refractivity contribution in [3.8, 4) is 28.1 Å². The molecule has 2 aromatic heterocycles. The Bertz CT molecular complexity index is 1320. The lowest BCUT2D eigenvalue weighted by Gasteiger charge is -2.15. The highest BCUT2D eigenvalue weighted by Crippen LogP contribution is 2.36. The van der Waals surface area contributed by atoms with Crippen molar-refractivity contribution in [3.05, 3.63) is 72.6 Å². The number of hydroxylamine groups is 1. The van der Waals surface area contributed by atoms with Crippen LogP contribution in [0.5, 0.6) is 5.75 Å². The fraction of sp³-hybridized carbons (Fsp3) is 0.0833. The summed E-state index contributed by atoms with van der Waals surface area (Å²) >= 11 is 0. The number of amides is 2. The standard InChI is InChI=1S/C24H20N4O5/c1-33-23-21(24(31)28-32)18-12-25-11-10-19(18)27-22(23)16-4-2-14(3-5-16)15-6-8-17(9-7-15)26-20(30)13-29/h2-12,29,32H,13H2,1H3,(H,26,30)(H,28,31). The Morgan fingerprint density at radius 2 is 1.61 bits per heavy atom. The van der Waals surface area contributed by atoms with Crippen molar-refractivity contribution in [2.75, 3.05) is 19.0 Å². The van der Waals surface area contributed by atoms with Crippen molar-refractivity contribution >= 4 is 28.4 Å². The first-order valence-corrected chi connectivity index (χ1v) is 9.93. The number of carbonyl (C=O) groups is 2. The smallest absolute Gasteiger partial charge is 0.279 e. The maximum absolute atomic E-state index is 12.4. The predicted molar refractivity (Wildman–Crippen MR) is 122 cm³/mol. The molecule has 0 fully saturated rings. The molecule has 0 spiro atoms. The molecule has 0 bridgehead atoms. The van der Waals surface area contributed by atoms with Crippen LogP contribution in [0.4, 0.5) is 5.69 Å². The van der Waals surface area contributed by atoms with Crippen LogP contribution in [-0.4, -0.2) is 45.8 Å². The van der Waals surface area contributed by atoms with Crippen LogP contribution in [0.25, 0.3) is 33.3 Å². The first-order chi connectivity index (χ1) is 16.0. The van der Waals surface area contributed by atoms with Crippen molar-refractivity contribution in [2.24, 2.45) is 0 Å². The number of aliphatic hydroxyl groups excluding tert-OH is 1. The molecule has 0 saturated heterocycles. The highest BCUT2D eigenvalue weighted by atomic mass is 16.5. The van der Waals surface area contributed by atoms with Gasteiger partial charge in [-0.05, 0) is 29.3 Å². The van der Waals surface area contributed by atoms with Crippen LogP contribution < -0.4 is 15.5 Å². The van der Waals surface area contributed by atoms with E-state index in [4.69, 9.17) is 9.84 Å². The molecule has 0 aliphatic rings. The van der Waals surface area contributed by atoms with Gasteiger partial charge in [-0.25, -0.2) is 10.5 Å². The van der Waals surface area contributed by atoms with Crippen LogP contribution in [0.1, 0.15) is 10.4 Å². The molecule has 9 nitrogen and oxygen atoms in total. The second kappa shape index (κ2) is 9.43. The monoisotopic (exact) mass is 444 g/mol. The zero-order valence-corrected chi connectivity index (χ0v) is 17.6. The van der Waals surface area contributed by atoms with Gasteiger partial charge in [-0.1, -0.05) is 36.4 Å². The SMILES string of the molecule is COc1c(-c2ccc(-c3ccc(NC(=O)CO)cc3)cc2)nc2ccncc2c1C(=O)NO. The fourth-order valence-electron chi connectivity index (χ4n) is 3.53. The van der Waals surface area contributed by atoms with Gasteiger partial charge >= 0.3 is 0 Å². The molecule has 2 amide bonds. The maximum atomic E-state index is 12.4. The Labute approximate surface area is 188 Å². The van der Waals surface area contributed by atoms with Gasteiger partial charge in [0, 0.05) is 29.0 Å². The third-order valence-corrected chi connectivity index (χ3v) is 5.08. The van der Waals surface area contributed by atoms with E-state index in [9.17, 15) is 14.8 Å². The van der Waals surface area contributed by atoms with E-state index in [-0.39, 0.29) is 11.3 Å². The number of anilines is 1. The van der Waals surface area contributed by atoms with Crippen molar-refractivity contribution in [3.63, 3.8) is 0 Å². The summed E-state index contributed by atoms with van der Waals surface area (Å²) in [6.07, 6.45) is 3.07. The van der Waals surface area contributed by atoms with Crippen LogP contribution >= 0.6 is 0 Å². The second-order valence-corrected chi connectivity index (χ2v) is 7.06. The zero-order valence-electron chi connectivity index (χ0n) is 17.6. The van der Waals surface area contributed by atoms with E-state index >= 15 is 0 Å². The van der Waals surface area contributed by atoms with Crippen LogP contribution in [-0.2, 0) is 4.79 Å². The summed E-state index contributed by atoms with van der Waals surface area (Å²) in [5.74, 6) is -0.980. The summed E-state index contributed by atoms with van der Waals surface area (Å²) in [6, 6.07) is 16.4. The summed E-state index contributed by atoms with van der Waals surface area (Å²) in [5, 5.41) is 21.1. The van der Waals surface area contributed by atoms with E-state index in [1.165, 1.54) is 13.3 Å². The number of methoxy groups -OCH3 is 1. The molecule has 33 heavy (non-hydrogen) atoms. The number of aromatic nitrogens is 2. The normalized spacial score (nSPS) is 10.6. The highest BCUT2D eigenvalue weighted by molar-refractivity contribution is 6.09. The number of ether oxygens (including phenoxy) is 1. The molecule has 0 aliphatic carbocycles. The number of carbonyl (C=O) groups excluding carboxylic acids is 2. The van der Waals surface area contributed by atoms with Gasteiger partial charge in [-0.15, -0.1) is 0 Å². The first-order valence-electron chi connectivity index (χ1n) is 9.93. The van der Waals surface area contributed by atoms with Gasteiger partial charge < -0.3 is 15.2 Å².